The van der Waals surface area contributed by atoms with Crippen molar-refractivity contribution < 1.29 is 0 Å². The molecule has 3 aromatic heterocycles. The summed E-state index contributed by atoms with van der Waals surface area (Å²) in [4.78, 5) is 15.7. The highest BCUT2D eigenvalue weighted by atomic mass is 16.1. The van der Waals surface area contributed by atoms with Crippen LogP contribution < -0.4 is 5.56 Å². The quantitative estimate of drug-likeness (QED) is 0.171. The van der Waals surface area contributed by atoms with E-state index in [-0.39, 0.29) is 5.56 Å². The Morgan fingerprint density at radius 2 is 0.811 bits per heavy atom. The van der Waals surface area contributed by atoms with Crippen LogP contribution >= 0.6 is 0 Å². The van der Waals surface area contributed by atoms with Gasteiger partial charge < -0.3 is 9.13 Å². The molecule has 0 aliphatic carbocycles. The molecule has 0 atom stereocenters. The molecule has 0 spiro atoms. The topological polar surface area (TPSA) is 31.9 Å². The zero-order valence-electron chi connectivity index (χ0n) is 28.6. The highest BCUT2D eigenvalue weighted by Gasteiger charge is 2.24. The molecular formula is C49H31N3O. The number of hydrogen-bond donors (Lipinski definition) is 0. The maximum atomic E-state index is 15.7. The van der Waals surface area contributed by atoms with E-state index >= 15 is 4.79 Å². The van der Waals surface area contributed by atoms with E-state index in [1.54, 1.807) is 0 Å². The first kappa shape index (κ1) is 29.5. The van der Waals surface area contributed by atoms with E-state index in [0.717, 1.165) is 88.1 Å². The first-order chi connectivity index (χ1) is 26.3. The minimum Gasteiger partial charge on any atom is -0.309 e. The molecule has 0 radical (unpaired) electrons. The minimum atomic E-state index is -0.0448. The molecule has 0 aliphatic heterocycles. The van der Waals surface area contributed by atoms with E-state index in [0.29, 0.717) is 5.39 Å². The van der Waals surface area contributed by atoms with Crippen molar-refractivity contribution in [3.8, 4) is 28.2 Å². The lowest BCUT2D eigenvalue weighted by atomic mass is 9.99. The summed E-state index contributed by atoms with van der Waals surface area (Å²) in [5, 5.41) is 6.99. The standard InChI is InChI=1S/C49H31N3O/c53-49-46-38(27-28-39-37-23-10-12-25-42(37)51(48(39)46)36-22-14-17-33(31-36)32-15-4-1-5-16-32)40-29-30-44-45(47(40)52(49)35-20-8-3-9-21-35)41-24-11-13-26-43(41)50(44)34-18-6-2-7-19-34/h1-31H. The Hall–Kier alpha value is -7.17. The van der Waals surface area contributed by atoms with Crippen LogP contribution in [0, 0.1) is 0 Å². The summed E-state index contributed by atoms with van der Waals surface area (Å²) < 4.78 is 6.57. The maximum Gasteiger partial charge on any atom is 0.265 e. The van der Waals surface area contributed by atoms with Gasteiger partial charge in [-0.2, -0.15) is 0 Å². The van der Waals surface area contributed by atoms with Gasteiger partial charge in [0.05, 0.1) is 33.0 Å². The average Bonchev–Trinajstić information content (AvgIpc) is 3.75. The van der Waals surface area contributed by atoms with Crippen molar-refractivity contribution in [3.05, 3.63) is 198 Å². The summed E-state index contributed by atoms with van der Waals surface area (Å²) in [5.74, 6) is 0. The zero-order valence-corrected chi connectivity index (χ0v) is 28.6. The van der Waals surface area contributed by atoms with Gasteiger partial charge in [0, 0.05) is 44.0 Å². The van der Waals surface area contributed by atoms with E-state index in [1.165, 1.54) is 0 Å². The van der Waals surface area contributed by atoms with Crippen molar-refractivity contribution in [2.24, 2.45) is 0 Å². The lowest BCUT2D eigenvalue weighted by molar-refractivity contribution is 1.06. The Kier molecular flexibility index (Phi) is 6.37. The third-order valence-electron chi connectivity index (χ3n) is 10.8. The molecule has 248 valence electrons. The normalized spacial score (nSPS) is 11.8. The molecule has 0 saturated heterocycles. The highest BCUT2D eigenvalue weighted by Crippen LogP contribution is 2.42. The predicted octanol–water partition coefficient (Wildman–Crippen LogP) is 12.0. The first-order valence-corrected chi connectivity index (χ1v) is 18.0. The fourth-order valence-corrected chi connectivity index (χ4v) is 8.61. The molecule has 0 saturated carbocycles. The van der Waals surface area contributed by atoms with Gasteiger partial charge >= 0.3 is 0 Å². The number of rotatable bonds is 4. The van der Waals surface area contributed by atoms with E-state index in [4.69, 9.17) is 0 Å². The van der Waals surface area contributed by atoms with Gasteiger partial charge in [-0.1, -0.05) is 133 Å². The molecule has 53 heavy (non-hydrogen) atoms. The Morgan fingerprint density at radius 1 is 0.302 bits per heavy atom. The monoisotopic (exact) mass is 677 g/mol. The number of fused-ring (bicyclic) bond motifs is 11. The van der Waals surface area contributed by atoms with Crippen LogP contribution in [-0.2, 0) is 0 Å². The third kappa shape index (κ3) is 4.27. The predicted molar refractivity (Wildman–Crippen MR) is 221 cm³/mol. The van der Waals surface area contributed by atoms with E-state index in [1.807, 2.05) is 47.0 Å². The van der Waals surface area contributed by atoms with Crippen molar-refractivity contribution >= 4 is 65.3 Å². The van der Waals surface area contributed by atoms with E-state index in [2.05, 4.69) is 155 Å². The second kappa shape index (κ2) is 11.4. The minimum absolute atomic E-state index is 0.0448. The largest absolute Gasteiger partial charge is 0.309 e. The molecule has 8 aromatic carbocycles. The van der Waals surface area contributed by atoms with Crippen LogP contribution in [0.4, 0.5) is 0 Å². The fourth-order valence-electron chi connectivity index (χ4n) is 8.61. The maximum absolute atomic E-state index is 15.7. The number of nitrogens with zero attached hydrogens (tertiary/aromatic N) is 3. The molecule has 4 nitrogen and oxygen atoms in total. The number of para-hydroxylation sites is 4. The van der Waals surface area contributed by atoms with Gasteiger partial charge in [-0.05, 0) is 71.1 Å². The van der Waals surface area contributed by atoms with E-state index in [9.17, 15) is 0 Å². The Morgan fingerprint density at radius 3 is 1.55 bits per heavy atom. The summed E-state index contributed by atoms with van der Waals surface area (Å²) in [6, 6.07) is 65.5. The summed E-state index contributed by atoms with van der Waals surface area (Å²) in [5.41, 5.74) is 10.2. The van der Waals surface area contributed by atoms with Crippen LogP contribution in [-0.4, -0.2) is 13.7 Å². The molecule has 4 heteroatoms. The van der Waals surface area contributed by atoms with Crippen LogP contribution in [0.15, 0.2) is 193 Å². The van der Waals surface area contributed by atoms with Gasteiger partial charge in [-0.3, -0.25) is 9.36 Å². The molecule has 0 aliphatic rings. The highest BCUT2D eigenvalue weighted by molar-refractivity contribution is 6.28. The molecule has 0 fully saturated rings. The van der Waals surface area contributed by atoms with Crippen LogP contribution in [0.3, 0.4) is 0 Å². The summed E-state index contributed by atoms with van der Waals surface area (Å²) in [6.07, 6.45) is 0. The SMILES string of the molecule is O=c1c2c(ccc3c4ccccc4n(-c4cccc(-c5ccccc5)c4)c32)c2ccc3c(c4ccccc4n3-c3ccccc3)c2n1-c1ccccc1. The molecular weight excluding hydrogens is 647 g/mol. The number of hydrogen-bond acceptors (Lipinski definition) is 1. The average molecular weight is 678 g/mol. The molecule has 0 unspecified atom stereocenters. The van der Waals surface area contributed by atoms with Crippen molar-refractivity contribution in [1.29, 1.82) is 0 Å². The Balaban J connectivity index is 1.35. The third-order valence-corrected chi connectivity index (χ3v) is 10.8. The van der Waals surface area contributed by atoms with Crippen molar-refractivity contribution in [2.75, 3.05) is 0 Å². The summed E-state index contributed by atoms with van der Waals surface area (Å²) in [7, 11) is 0. The summed E-state index contributed by atoms with van der Waals surface area (Å²) >= 11 is 0. The molecule has 0 amide bonds. The van der Waals surface area contributed by atoms with Gasteiger partial charge in [0.1, 0.15) is 0 Å². The van der Waals surface area contributed by atoms with Crippen LogP contribution in [0.25, 0.3) is 93.5 Å². The second-order valence-corrected chi connectivity index (χ2v) is 13.7. The molecule has 3 heterocycles. The Labute approximate surface area is 304 Å². The lowest BCUT2D eigenvalue weighted by Gasteiger charge is -2.17. The van der Waals surface area contributed by atoms with Crippen LogP contribution in [0.2, 0.25) is 0 Å². The van der Waals surface area contributed by atoms with E-state index < -0.39 is 0 Å². The van der Waals surface area contributed by atoms with Gasteiger partial charge in [0.25, 0.3) is 5.56 Å². The second-order valence-electron chi connectivity index (χ2n) is 13.7. The Bertz CT molecular complexity index is 3280. The zero-order chi connectivity index (χ0) is 35.0. The molecule has 0 N–H and O–H groups in total. The van der Waals surface area contributed by atoms with Crippen molar-refractivity contribution in [3.63, 3.8) is 0 Å². The smallest absolute Gasteiger partial charge is 0.265 e. The van der Waals surface area contributed by atoms with Gasteiger partial charge in [0.2, 0.25) is 0 Å². The first-order valence-electron chi connectivity index (χ1n) is 18.0. The molecule has 11 aromatic rings. The van der Waals surface area contributed by atoms with Crippen LogP contribution in [0.1, 0.15) is 0 Å². The van der Waals surface area contributed by atoms with Gasteiger partial charge in [-0.25, -0.2) is 0 Å². The molecule has 11 rings (SSSR count). The van der Waals surface area contributed by atoms with Gasteiger partial charge in [0.15, 0.2) is 0 Å². The number of pyridine rings is 1. The number of aromatic nitrogens is 3. The number of benzene rings is 8. The van der Waals surface area contributed by atoms with Crippen LogP contribution in [0.5, 0.6) is 0 Å². The van der Waals surface area contributed by atoms with Crippen molar-refractivity contribution in [2.45, 2.75) is 0 Å². The lowest BCUT2D eigenvalue weighted by Crippen LogP contribution is -2.20. The van der Waals surface area contributed by atoms with Crippen molar-refractivity contribution in [1.82, 2.24) is 13.7 Å². The fraction of sp³-hybridized carbons (Fsp3) is 0. The molecule has 0 bridgehead atoms. The van der Waals surface area contributed by atoms with Gasteiger partial charge in [-0.15, -0.1) is 0 Å². The summed E-state index contributed by atoms with van der Waals surface area (Å²) in [6.45, 7) is 0.